The van der Waals surface area contributed by atoms with E-state index in [0.29, 0.717) is 15.6 Å². The van der Waals surface area contributed by atoms with E-state index in [-0.39, 0.29) is 6.61 Å². The summed E-state index contributed by atoms with van der Waals surface area (Å²) in [5.41, 5.74) is 0. The van der Waals surface area contributed by atoms with E-state index in [1.165, 1.54) is 0 Å². The molecule has 0 spiro atoms. The fourth-order valence-corrected chi connectivity index (χ4v) is 9.34. The van der Waals surface area contributed by atoms with E-state index in [4.69, 9.17) is 4.74 Å². The third-order valence-electron chi connectivity index (χ3n) is 5.12. The second kappa shape index (κ2) is 6.11. The van der Waals surface area contributed by atoms with Gasteiger partial charge in [-0.15, -0.1) is 0 Å². The molecule has 3 aromatic rings. The quantitative estimate of drug-likeness (QED) is 0.391. The number of halogens is 3. The van der Waals surface area contributed by atoms with Crippen molar-refractivity contribution in [1.82, 2.24) is 0 Å². The summed E-state index contributed by atoms with van der Waals surface area (Å²) < 4.78 is 48.4. The van der Waals surface area contributed by atoms with Crippen LogP contribution in [0.4, 0.5) is 13.2 Å². The van der Waals surface area contributed by atoms with Gasteiger partial charge in [-0.25, -0.2) is 0 Å². The fraction of sp³-hybridized carbons (Fsp3) is 0.143. The second-order valence-corrected chi connectivity index (χ2v) is 10.5. The van der Waals surface area contributed by atoms with E-state index in [2.05, 4.69) is 0 Å². The van der Waals surface area contributed by atoms with Crippen molar-refractivity contribution in [3.63, 3.8) is 0 Å². The molecule has 1 fully saturated rings. The molecule has 1 atom stereocenters. The molecule has 1 aliphatic heterocycles. The van der Waals surface area contributed by atoms with Crippen LogP contribution in [0, 0.1) is 0 Å². The average Bonchev–Trinajstić information content (AvgIpc) is 3.47. The predicted octanol–water partition coefficient (Wildman–Crippen LogP) is 3.03. The van der Waals surface area contributed by atoms with Gasteiger partial charge in [0, 0.05) is 0 Å². The van der Waals surface area contributed by atoms with Gasteiger partial charge in [-0.1, -0.05) is 91.0 Å². The molecular formula is C21H17F3OSi. The Bertz CT molecular complexity index is 779. The van der Waals surface area contributed by atoms with Crippen molar-refractivity contribution in [2.45, 2.75) is 11.4 Å². The Morgan fingerprint density at radius 1 is 0.654 bits per heavy atom. The van der Waals surface area contributed by atoms with Crippen molar-refractivity contribution >= 4 is 23.6 Å². The zero-order valence-corrected chi connectivity index (χ0v) is 14.9. The number of alkyl halides is 3. The summed E-state index contributed by atoms with van der Waals surface area (Å²) in [6.07, 6.45) is -4.46. The first kappa shape index (κ1) is 17.1. The second-order valence-electron chi connectivity index (χ2n) is 6.46. The van der Waals surface area contributed by atoms with E-state index in [0.717, 1.165) is 0 Å². The summed E-state index contributed by atoms with van der Waals surface area (Å²) in [5.74, 6) is 0. The van der Waals surface area contributed by atoms with Gasteiger partial charge in [0.1, 0.15) is 0 Å². The Morgan fingerprint density at radius 2 is 0.962 bits per heavy atom. The topological polar surface area (TPSA) is 12.5 Å². The van der Waals surface area contributed by atoms with Gasteiger partial charge in [0.2, 0.25) is 0 Å². The van der Waals surface area contributed by atoms with Gasteiger partial charge in [-0.05, 0) is 15.6 Å². The molecule has 132 valence electrons. The molecule has 0 aliphatic carbocycles. The normalized spacial score (nSPS) is 20.0. The number of hydrogen-bond donors (Lipinski definition) is 0. The lowest BCUT2D eigenvalue weighted by Gasteiger charge is -2.39. The lowest BCUT2D eigenvalue weighted by Crippen LogP contribution is -2.79. The van der Waals surface area contributed by atoms with Crippen molar-refractivity contribution in [1.29, 1.82) is 0 Å². The third kappa shape index (κ3) is 2.35. The smallest absolute Gasteiger partial charge is 0.362 e. The molecule has 0 radical (unpaired) electrons. The molecule has 26 heavy (non-hydrogen) atoms. The molecule has 1 aliphatic rings. The largest absolute Gasteiger partial charge is 0.417 e. The maximum absolute atomic E-state index is 14.4. The summed E-state index contributed by atoms with van der Waals surface area (Å²) in [6.45, 7) is -0.304. The van der Waals surface area contributed by atoms with E-state index < -0.39 is 19.5 Å². The Balaban J connectivity index is 2.12. The number of epoxide rings is 1. The zero-order chi connectivity index (χ0) is 18.3. The van der Waals surface area contributed by atoms with Gasteiger partial charge in [0.25, 0.3) is 0 Å². The first-order chi connectivity index (χ1) is 12.5. The minimum absolute atomic E-state index is 0.304. The van der Waals surface area contributed by atoms with Crippen LogP contribution < -0.4 is 15.6 Å². The third-order valence-corrected chi connectivity index (χ3v) is 10.5. The predicted molar refractivity (Wildman–Crippen MR) is 98.7 cm³/mol. The van der Waals surface area contributed by atoms with Crippen LogP contribution in [0.5, 0.6) is 0 Å². The molecule has 0 aromatic heterocycles. The lowest BCUT2D eigenvalue weighted by molar-refractivity contribution is -0.161. The summed E-state index contributed by atoms with van der Waals surface area (Å²) in [7, 11) is -3.52. The summed E-state index contributed by atoms with van der Waals surface area (Å²) in [5, 5.41) is -0.0453. The highest BCUT2D eigenvalue weighted by atomic mass is 28.3. The molecule has 1 saturated heterocycles. The van der Waals surface area contributed by atoms with Crippen LogP contribution in [0.1, 0.15) is 0 Å². The summed E-state index contributed by atoms with van der Waals surface area (Å²) in [6, 6.07) is 27.1. The van der Waals surface area contributed by atoms with E-state index in [1.54, 1.807) is 72.8 Å². The van der Waals surface area contributed by atoms with Gasteiger partial charge in [0.05, 0.1) is 6.61 Å². The van der Waals surface area contributed by atoms with Crippen LogP contribution in [0.25, 0.3) is 0 Å². The molecule has 0 N–H and O–H groups in total. The van der Waals surface area contributed by atoms with Gasteiger partial charge in [-0.3, -0.25) is 0 Å². The maximum Gasteiger partial charge on any atom is 0.417 e. The fourth-order valence-electron chi connectivity index (χ4n) is 3.93. The monoisotopic (exact) mass is 370 g/mol. The molecule has 0 unspecified atom stereocenters. The van der Waals surface area contributed by atoms with Crippen molar-refractivity contribution < 1.29 is 17.9 Å². The highest BCUT2D eigenvalue weighted by Gasteiger charge is 2.78. The average molecular weight is 370 g/mol. The Labute approximate surface area is 151 Å². The van der Waals surface area contributed by atoms with Crippen molar-refractivity contribution in [2.75, 3.05) is 6.61 Å². The first-order valence-corrected chi connectivity index (χ1v) is 10.4. The molecule has 0 amide bonds. The molecule has 5 heteroatoms. The molecule has 4 rings (SSSR count). The SMILES string of the molecule is FC(F)(F)[C@]1([Si](c2ccccc2)(c2ccccc2)c2ccccc2)CO1. The highest BCUT2D eigenvalue weighted by molar-refractivity contribution is 7.13. The van der Waals surface area contributed by atoms with Crippen molar-refractivity contribution in [3.05, 3.63) is 91.0 Å². The number of rotatable bonds is 4. The van der Waals surface area contributed by atoms with Crippen LogP contribution in [0.2, 0.25) is 0 Å². The number of ether oxygens (including phenoxy) is 1. The minimum Gasteiger partial charge on any atom is -0.362 e. The molecule has 3 aromatic carbocycles. The standard InChI is InChI=1S/C21H17F3OSi/c22-21(23,24)20(16-25-20)26(17-10-4-1-5-11-17,18-12-6-2-7-13-18)19-14-8-3-9-15-19/h1-15H,16H2/t20-/m1/s1. The van der Waals surface area contributed by atoms with Crippen LogP contribution >= 0.6 is 0 Å². The van der Waals surface area contributed by atoms with Crippen LogP contribution in [0.15, 0.2) is 91.0 Å². The number of hydrogen-bond acceptors (Lipinski definition) is 1. The molecule has 1 nitrogen and oxygen atoms in total. The number of benzene rings is 3. The summed E-state index contributed by atoms with van der Waals surface area (Å²) >= 11 is 0. The van der Waals surface area contributed by atoms with Gasteiger partial charge >= 0.3 is 6.18 Å². The van der Waals surface area contributed by atoms with Crippen LogP contribution in [-0.4, -0.2) is 26.1 Å². The lowest BCUT2D eigenvalue weighted by atomic mass is 10.3. The molecule has 0 saturated carbocycles. The Hall–Kier alpha value is -2.37. The Morgan fingerprint density at radius 3 is 1.19 bits per heavy atom. The first-order valence-electron chi connectivity index (χ1n) is 8.40. The van der Waals surface area contributed by atoms with Gasteiger partial charge in [-0.2, -0.15) is 13.2 Å². The van der Waals surface area contributed by atoms with Crippen LogP contribution in [-0.2, 0) is 4.74 Å². The zero-order valence-electron chi connectivity index (χ0n) is 13.9. The Kier molecular flexibility index (Phi) is 4.01. The van der Waals surface area contributed by atoms with E-state index in [9.17, 15) is 13.2 Å². The van der Waals surface area contributed by atoms with Gasteiger partial charge < -0.3 is 4.74 Å². The van der Waals surface area contributed by atoms with E-state index in [1.807, 2.05) is 18.2 Å². The summed E-state index contributed by atoms with van der Waals surface area (Å²) in [4.78, 5) is 0. The minimum atomic E-state index is -4.46. The molecule has 1 heterocycles. The molecular weight excluding hydrogens is 353 g/mol. The maximum atomic E-state index is 14.4. The van der Waals surface area contributed by atoms with Crippen molar-refractivity contribution in [3.8, 4) is 0 Å². The van der Waals surface area contributed by atoms with Crippen molar-refractivity contribution in [2.24, 2.45) is 0 Å². The van der Waals surface area contributed by atoms with Gasteiger partial charge in [0.15, 0.2) is 13.3 Å². The van der Waals surface area contributed by atoms with Crippen LogP contribution in [0.3, 0.4) is 0 Å². The molecule has 0 bridgehead atoms. The van der Waals surface area contributed by atoms with E-state index >= 15 is 0 Å². The highest BCUT2D eigenvalue weighted by Crippen LogP contribution is 2.49.